The van der Waals surface area contributed by atoms with E-state index in [4.69, 9.17) is 5.10 Å². The van der Waals surface area contributed by atoms with Crippen LogP contribution in [-0.4, -0.2) is 22.9 Å². The summed E-state index contributed by atoms with van der Waals surface area (Å²) in [6.45, 7) is 9.18. The molecule has 114 valence electrons. The third kappa shape index (κ3) is 4.34. The molecular weight excluding hydrogens is 246 g/mol. The first-order valence-electron chi connectivity index (χ1n) is 8.45. The molecule has 0 spiro atoms. The Morgan fingerprint density at radius 3 is 2.75 bits per heavy atom. The highest BCUT2D eigenvalue weighted by Gasteiger charge is 2.19. The molecule has 1 aliphatic carbocycles. The van der Waals surface area contributed by atoms with Crippen LogP contribution < -0.4 is 5.32 Å². The summed E-state index contributed by atoms with van der Waals surface area (Å²) in [6, 6.07) is 2.89. The molecule has 0 radical (unpaired) electrons. The van der Waals surface area contributed by atoms with Gasteiger partial charge in [-0.05, 0) is 56.7 Å². The van der Waals surface area contributed by atoms with Gasteiger partial charge in [0.15, 0.2) is 0 Å². The smallest absolute Gasteiger partial charge is 0.0627 e. The fraction of sp³-hybridized carbons (Fsp3) is 0.824. The molecular formula is C17H31N3. The van der Waals surface area contributed by atoms with E-state index in [0.29, 0.717) is 17.9 Å². The minimum Gasteiger partial charge on any atom is -0.316 e. The van der Waals surface area contributed by atoms with E-state index in [2.05, 4.69) is 43.0 Å². The van der Waals surface area contributed by atoms with Gasteiger partial charge in [-0.2, -0.15) is 5.10 Å². The quantitative estimate of drug-likeness (QED) is 0.732. The second kappa shape index (κ2) is 7.82. The highest BCUT2D eigenvalue weighted by molar-refractivity contribution is 5.01. The molecule has 1 aromatic heterocycles. The third-order valence-corrected chi connectivity index (χ3v) is 4.76. The fourth-order valence-electron chi connectivity index (χ4n) is 3.10. The van der Waals surface area contributed by atoms with Gasteiger partial charge in [-0.25, -0.2) is 0 Å². The zero-order valence-electron chi connectivity index (χ0n) is 13.4. The molecule has 0 bridgehead atoms. The Kier molecular flexibility index (Phi) is 6.08. The van der Waals surface area contributed by atoms with Crippen molar-refractivity contribution in [1.29, 1.82) is 0 Å². The first kappa shape index (κ1) is 15.6. The van der Waals surface area contributed by atoms with Crippen LogP contribution >= 0.6 is 0 Å². The average molecular weight is 277 g/mol. The van der Waals surface area contributed by atoms with Gasteiger partial charge in [0.2, 0.25) is 0 Å². The number of hydrogen-bond acceptors (Lipinski definition) is 2. The van der Waals surface area contributed by atoms with E-state index in [0.717, 1.165) is 19.5 Å². The summed E-state index contributed by atoms with van der Waals surface area (Å²) < 4.78 is 2.22. The number of hydrogen-bond donors (Lipinski definition) is 1. The zero-order valence-corrected chi connectivity index (χ0v) is 13.4. The summed E-state index contributed by atoms with van der Waals surface area (Å²) in [5, 5.41) is 8.33. The van der Waals surface area contributed by atoms with Crippen LogP contribution in [0.1, 0.15) is 64.6 Å². The van der Waals surface area contributed by atoms with Crippen LogP contribution in [0.25, 0.3) is 0 Å². The van der Waals surface area contributed by atoms with Gasteiger partial charge in [-0.15, -0.1) is 0 Å². The maximum absolute atomic E-state index is 4.81. The van der Waals surface area contributed by atoms with Crippen molar-refractivity contribution in [2.45, 2.75) is 65.3 Å². The number of aromatic nitrogens is 2. The van der Waals surface area contributed by atoms with Gasteiger partial charge in [0.1, 0.15) is 0 Å². The highest BCUT2D eigenvalue weighted by atomic mass is 15.3. The largest absolute Gasteiger partial charge is 0.316 e. The lowest BCUT2D eigenvalue weighted by atomic mass is 9.91. The maximum atomic E-state index is 4.81. The topological polar surface area (TPSA) is 29.9 Å². The molecule has 2 unspecified atom stereocenters. The summed E-state index contributed by atoms with van der Waals surface area (Å²) in [5.74, 6) is 1.39. The molecule has 1 saturated carbocycles. The van der Waals surface area contributed by atoms with Crippen LogP contribution in [0.15, 0.2) is 12.3 Å². The van der Waals surface area contributed by atoms with Gasteiger partial charge in [-0.3, -0.25) is 4.68 Å². The molecule has 2 atom stereocenters. The van der Waals surface area contributed by atoms with Gasteiger partial charge in [0, 0.05) is 6.20 Å². The summed E-state index contributed by atoms with van der Waals surface area (Å²) in [4.78, 5) is 0. The summed E-state index contributed by atoms with van der Waals surface area (Å²) in [5.41, 5.74) is 1.27. The van der Waals surface area contributed by atoms with Gasteiger partial charge >= 0.3 is 0 Å². The molecule has 0 aliphatic heterocycles. The molecule has 1 aromatic rings. The van der Waals surface area contributed by atoms with E-state index in [9.17, 15) is 0 Å². The first-order chi connectivity index (χ1) is 9.70. The van der Waals surface area contributed by atoms with Crippen LogP contribution in [-0.2, 0) is 6.42 Å². The van der Waals surface area contributed by atoms with Crippen molar-refractivity contribution >= 4 is 0 Å². The van der Waals surface area contributed by atoms with E-state index in [1.807, 2.05) is 0 Å². The van der Waals surface area contributed by atoms with Crippen molar-refractivity contribution in [2.24, 2.45) is 11.8 Å². The van der Waals surface area contributed by atoms with E-state index in [1.165, 1.54) is 37.8 Å². The lowest BCUT2D eigenvalue weighted by Gasteiger charge is -2.19. The predicted octanol–water partition coefficient (Wildman–Crippen LogP) is 3.81. The van der Waals surface area contributed by atoms with Gasteiger partial charge in [0.25, 0.3) is 0 Å². The van der Waals surface area contributed by atoms with E-state index in [-0.39, 0.29) is 0 Å². The Bertz CT molecular complexity index is 379. The van der Waals surface area contributed by atoms with Gasteiger partial charge in [0.05, 0.1) is 11.7 Å². The maximum Gasteiger partial charge on any atom is 0.0627 e. The molecule has 0 saturated heterocycles. The first-order valence-corrected chi connectivity index (χ1v) is 8.45. The molecule has 1 aliphatic rings. The number of nitrogens with one attached hydrogen (secondary N) is 1. The lowest BCUT2D eigenvalue weighted by Crippen LogP contribution is -2.26. The summed E-state index contributed by atoms with van der Waals surface area (Å²) in [6.07, 6.45) is 9.88. The third-order valence-electron chi connectivity index (χ3n) is 4.76. The molecule has 3 heteroatoms. The SMILES string of the molecule is CCCNCC(C)C(C)Cc1ccn(C2CCCC2)n1. The number of nitrogens with zero attached hydrogens (tertiary/aromatic N) is 2. The van der Waals surface area contributed by atoms with Crippen molar-refractivity contribution in [3.8, 4) is 0 Å². The second-order valence-electron chi connectivity index (χ2n) is 6.59. The van der Waals surface area contributed by atoms with Crippen LogP contribution in [0.5, 0.6) is 0 Å². The molecule has 20 heavy (non-hydrogen) atoms. The monoisotopic (exact) mass is 277 g/mol. The molecule has 1 heterocycles. The Balaban J connectivity index is 1.80. The normalized spacial score (nSPS) is 19.4. The molecule has 0 aromatic carbocycles. The van der Waals surface area contributed by atoms with Crippen LogP contribution in [0.4, 0.5) is 0 Å². The second-order valence-corrected chi connectivity index (χ2v) is 6.59. The lowest BCUT2D eigenvalue weighted by molar-refractivity contribution is 0.360. The Morgan fingerprint density at radius 2 is 2.05 bits per heavy atom. The van der Waals surface area contributed by atoms with Crippen molar-refractivity contribution in [2.75, 3.05) is 13.1 Å². The average Bonchev–Trinajstić information content (AvgIpc) is 3.08. The molecule has 1 N–H and O–H groups in total. The van der Waals surface area contributed by atoms with E-state index in [1.54, 1.807) is 0 Å². The predicted molar refractivity (Wildman–Crippen MR) is 84.9 cm³/mol. The van der Waals surface area contributed by atoms with Crippen molar-refractivity contribution in [3.05, 3.63) is 18.0 Å². The summed E-state index contributed by atoms with van der Waals surface area (Å²) in [7, 11) is 0. The van der Waals surface area contributed by atoms with Crippen molar-refractivity contribution < 1.29 is 0 Å². The van der Waals surface area contributed by atoms with Crippen molar-refractivity contribution in [3.63, 3.8) is 0 Å². The van der Waals surface area contributed by atoms with E-state index >= 15 is 0 Å². The fourth-order valence-corrected chi connectivity index (χ4v) is 3.10. The Hall–Kier alpha value is -0.830. The standard InChI is InChI=1S/C17H31N3/c1-4-10-18-13-15(3)14(2)12-16-9-11-20(19-16)17-7-5-6-8-17/h9,11,14-15,17-18H,4-8,10,12-13H2,1-3H3. The molecule has 1 fully saturated rings. The van der Waals surface area contributed by atoms with Gasteiger partial charge < -0.3 is 5.32 Å². The molecule has 3 nitrogen and oxygen atoms in total. The Morgan fingerprint density at radius 1 is 1.30 bits per heavy atom. The van der Waals surface area contributed by atoms with Crippen LogP contribution in [0.2, 0.25) is 0 Å². The number of rotatable bonds is 8. The molecule has 0 amide bonds. The zero-order chi connectivity index (χ0) is 14.4. The minimum absolute atomic E-state index is 0.669. The summed E-state index contributed by atoms with van der Waals surface area (Å²) >= 11 is 0. The Labute approximate surface area is 124 Å². The van der Waals surface area contributed by atoms with E-state index < -0.39 is 0 Å². The van der Waals surface area contributed by atoms with Gasteiger partial charge in [-0.1, -0.05) is 33.6 Å². The van der Waals surface area contributed by atoms with Crippen molar-refractivity contribution in [1.82, 2.24) is 15.1 Å². The molecule has 2 rings (SSSR count). The van der Waals surface area contributed by atoms with Crippen LogP contribution in [0.3, 0.4) is 0 Å². The highest BCUT2D eigenvalue weighted by Crippen LogP contribution is 2.29. The minimum atomic E-state index is 0.669. The van der Waals surface area contributed by atoms with Crippen LogP contribution in [0, 0.1) is 11.8 Å².